The molecular formula is C8H8FNO2. The quantitative estimate of drug-likeness (QED) is 0.634. The lowest BCUT2D eigenvalue weighted by Crippen LogP contribution is -1.98. The van der Waals surface area contributed by atoms with Crippen molar-refractivity contribution in [2.24, 2.45) is 0 Å². The molecule has 1 aromatic rings. The largest absolute Gasteiger partial charge is 0.346 e. The van der Waals surface area contributed by atoms with Crippen LogP contribution >= 0.6 is 0 Å². The van der Waals surface area contributed by atoms with E-state index in [1.807, 2.05) is 0 Å². The van der Waals surface area contributed by atoms with Crippen molar-refractivity contribution in [1.29, 1.82) is 0 Å². The topological polar surface area (TPSA) is 31.4 Å². The average molecular weight is 169 g/mol. The molecule has 3 nitrogen and oxygen atoms in total. The van der Waals surface area contributed by atoms with Gasteiger partial charge in [0.25, 0.3) is 0 Å². The molecule has 1 fully saturated rings. The summed E-state index contributed by atoms with van der Waals surface area (Å²) in [6.07, 6.45) is 2.26. The van der Waals surface area contributed by atoms with E-state index in [-0.39, 0.29) is 5.82 Å². The molecule has 64 valence electrons. The van der Waals surface area contributed by atoms with Gasteiger partial charge in [0.1, 0.15) is 5.82 Å². The van der Waals surface area contributed by atoms with Gasteiger partial charge in [-0.15, -0.1) is 0 Å². The van der Waals surface area contributed by atoms with Crippen molar-refractivity contribution < 1.29 is 13.9 Å². The summed E-state index contributed by atoms with van der Waals surface area (Å²) in [6.45, 7) is 1.11. The molecule has 0 aliphatic carbocycles. The Bertz CT molecular complexity index is 274. The van der Waals surface area contributed by atoms with E-state index in [0.29, 0.717) is 18.8 Å². The first-order valence-electron chi connectivity index (χ1n) is 3.70. The lowest BCUT2D eigenvalue weighted by atomic mass is 10.3. The van der Waals surface area contributed by atoms with Crippen molar-refractivity contribution in [3.63, 3.8) is 0 Å². The highest BCUT2D eigenvalue weighted by atomic mass is 19.1. The van der Waals surface area contributed by atoms with Gasteiger partial charge < -0.3 is 9.47 Å². The minimum atomic E-state index is -0.437. The zero-order chi connectivity index (χ0) is 8.39. The average Bonchev–Trinajstić information content (AvgIpc) is 2.56. The molecular weight excluding hydrogens is 161 g/mol. The summed E-state index contributed by atoms with van der Waals surface area (Å²) in [5.74, 6) is -0.369. The normalized spacial score (nSPS) is 18.4. The molecule has 12 heavy (non-hydrogen) atoms. The van der Waals surface area contributed by atoms with Crippen molar-refractivity contribution in [1.82, 2.24) is 4.98 Å². The van der Waals surface area contributed by atoms with Crippen LogP contribution in [-0.4, -0.2) is 18.2 Å². The number of ether oxygens (including phenoxy) is 2. The molecule has 0 radical (unpaired) electrons. The molecule has 2 rings (SSSR count). The fraction of sp³-hybridized carbons (Fsp3) is 0.375. The molecule has 0 atom stereocenters. The zero-order valence-corrected chi connectivity index (χ0v) is 6.37. The molecule has 0 N–H and O–H groups in total. The Balaban J connectivity index is 2.21. The van der Waals surface area contributed by atoms with Crippen LogP contribution in [-0.2, 0) is 9.47 Å². The second kappa shape index (κ2) is 3.16. The van der Waals surface area contributed by atoms with Crippen LogP contribution in [0.15, 0.2) is 18.5 Å². The van der Waals surface area contributed by atoms with E-state index in [9.17, 15) is 4.39 Å². The van der Waals surface area contributed by atoms with Gasteiger partial charge >= 0.3 is 0 Å². The Morgan fingerprint density at radius 3 is 2.75 bits per heavy atom. The van der Waals surface area contributed by atoms with E-state index in [1.165, 1.54) is 6.07 Å². The summed E-state index contributed by atoms with van der Waals surface area (Å²) in [4.78, 5) is 3.69. The second-order valence-corrected chi connectivity index (χ2v) is 2.51. The third-order valence-corrected chi connectivity index (χ3v) is 1.62. The van der Waals surface area contributed by atoms with Crippen molar-refractivity contribution in [3.8, 4) is 0 Å². The standard InChI is InChI=1S/C8H8FNO2/c9-7-3-6(4-10-5-7)8-11-1-2-12-8/h3-5,8H,1-2H2. The van der Waals surface area contributed by atoms with E-state index in [4.69, 9.17) is 9.47 Å². The first-order chi connectivity index (χ1) is 5.86. The van der Waals surface area contributed by atoms with Crippen LogP contribution in [0, 0.1) is 5.82 Å². The maximum Gasteiger partial charge on any atom is 0.185 e. The van der Waals surface area contributed by atoms with Crippen LogP contribution in [0.1, 0.15) is 11.9 Å². The molecule has 0 aromatic carbocycles. The van der Waals surface area contributed by atoms with E-state index < -0.39 is 6.29 Å². The molecule has 0 bridgehead atoms. The SMILES string of the molecule is Fc1cncc(C2OCCO2)c1. The lowest BCUT2D eigenvalue weighted by Gasteiger charge is -2.07. The number of hydrogen-bond acceptors (Lipinski definition) is 3. The first-order valence-corrected chi connectivity index (χ1v) is 3.70. The second-order valence-electron chi connectivity index (χ2n) is 2.51. The fourth-order valence-corrected chi connectivity index (χ4v) is 1.11. The third kappa shape index (κ3) is 1.44. The Kier molecular flexibility index (Phi) is 2.01. The van der Waals surface area contributed by atoms with Crippen LogP contribution < -0.4 is 0 Å². The molecule has 1 aliphatic rings. The highest BCUT2D eigenvalue weighted by molar-refractivity contribution is 5.11. The van der Waals surface area contributed by atoms with Crippen LogP contribution in [0.4, 0.5) is 4.39 Å². The predicted octanol–water partition coefficient (Wildman–Crippen LogP) is 1.27. The van der Waals surface area contributed by atoms with Gasteiger partial charge in [-0.05, 0) is 6.07 Å². The Hall–Kier alpha value is -1.00. The van der Waals surface area contributed by atoms with Gasteiger partial charge in [-0.3, -0.25) is 4.98 Å². The van der Waals surface area contributed by atoms with E-state index in [0.717, 1.165) is 6.20 Å². The van der Waals surface area contributed by atoms with Gasteiger partial charge in [0, 0.05) is 11.8 Å². The number of nitrogens with zero attached hydrogens (tertiary/aromatic N) is 1. The predicted molar refractivity (Wildman–Crippen MR) is 38.8 cm³/mol. The molecule has 0 amide bonds. The van der Waals surface area contributed by atoms with Crippen molar-refractivity contribution in [2.45, 2.75) is 6.29 Å². The minimum Gasteiger partial charge on any atom is -0.346 e. The van der Waals surface area contributed by atoms with E-state index in [1.54, 1.807) is 6.20 Å². The van der Waals surface area contributed by atoms with Crippen LogP contribution in [0.2, 0.25) is 0 Å². The number of hydrogen-bond donors (Lipinski definition) is 0. The maximum absolute atomic E-state index is 12.6. The maximum atomic E-state index is 12.6. The van der Waals surface area contributed by atoms with Gasteiger partial charge in [-0.25, -0.2) is 4.39 Å². The summed E-state index contributed by atoms with van der Waals surface area (Å²) >= 11 is 0. The van der Waals surface area contributed by atoms with E-state index >= 15 is 0 Å². The number of pyridine rings is 1. The fourth-order valence-electron chi connectivity index (χ4n) is 1.11. The Morgan fingerprint density at radius 1 is 1.33 bits per heavy atom. The monoisotopic (exact) mass is 169 g/mol. The highest BCUT2D eigenvalue weighted by Gasteiger charge is 2.18. The molecule has 1 aliphatic heterocycles. The van der Waals surface area contributed by atoms with Gasteiger partial charge in [-0.2, -0.15) is 0 Å². The molecule has 4 heteroatoms. The van der Waals surface area contributed by atoms with Gasteiger partial charge in [0.2, 0.25) is 0 Å². The number of halogens is 1. The van der Waals surface area contributed by atoms with Crippen LogP contribution in [0.3, 0.4) is 0 Å². The van der Waals surface area contributed by atoms with Crippen LogP contribution in [0.25, 0.3) is 0 Å². The molecule has 1 aromatic heterocycles. The molecule has 1 saturated heterocycles. The van der Waals surface area contributed by atoms with Crippen molar-refractivity contribution >= 4 is 0 Å². The van der Waals surface area contributed by atoms with E-state index in [2.05, 4.69) is 4.98 Å². The summed E-state index contributed by atoms with van der Waals surface area (Å²) in [5.41, 5.74) is 0.632. The molecule has 2 heterocycles. The highest BCUT2D eigenvalue weighted by Crippen LogP contribution is 2.22. The van der Waals surface area contributed by atoms with Gasteiger partial charge in [-0.1, -0.05) is 0 Å². The van der Waals surface area contributed by atoms with Crippen molar-refractivity contribution in [2.75, 3.05) is 13.2 Å². The van der Waals surface area contributed by atoms with Gasteiger partial charge in [0.05, 0.1) is 19.4 Å². The lowest BCUT2D eigenvalue weighted by molar-refractivity contribution is -0.0445. The summed E-state index contributed by atoms with van der Waals surface area (Å²) in [5, 5.41) is 0. The smallest absolute Gasteiger partial charge is 0.185 e. The van der Waals surface area contributed by atoms with Crippen LogP contribution in [0.5, 0.6) is 0 Å². The summed E-state index contributed by atoms with van der Waals surface area (Å²) in [7, 11) is 0. The summed E-state index contributed by atoms with van der Waals surface area (Å²) in [6, 6.07) is 1.36. The van der Waals surface area contributed by atoms with Gasteiger partial charge in [0.15, 0.2) is 6.29 Å². The Labute approximate surface area is 69.1 Å². The van der Waals surface area contributed by atoms with Crippen molar-refractivity contribution in [3.05, 3.63) is 29.8 Å². The summed E-state index contributed by atoms with van der Waals surface area (Å²) < 4.78 is 23.0. The molecule has 0 unspecified atom stereocenters. The Morgan fingerprint density at radius 2 is 2.08 bits per heavy atom. The molecule has 0 spiro atoms. The number of rotatable bonds is 1. The third-order valence-electron chi connectivity index (χ3n) is 1.62. The zero-order valence-electron chi connectivity index (χ0n) is 6.37. The first kappa shape index (κ1) is 7.64. The molecule has 0 saturated carbocycles. The number of aromatic nitrogens is 1. The minimum absolute atomic E-state index is 0.369.